The summed E-state index contributed by atoms with van der Waals surface area (Å²) in [5.74, 6) is 1.44. The molecule has 7 heteroatoms. The number of ether oxygens (including phenoxy) is 2. The Morgan fingerprint density at radius 1 is 1.21 bits per heavy atom. The Kier molecular flexibility index (Phi) is 12.3. The molecule has 7 nitrogen and oxygen atoms in total. The maximum absolute atomic E-state index is 10.6. The van der Waals surface area contributed by atoms with Crippen molar-refractivity contribution in [3.63, 3.8) is 0 Å². The third-order valence-electron chi connectivity index (χ3n) is 4.18. The van der Waals surface area contributed by atoms with E-state index >= 15 is 0 Å². The molecule has 0 aromatic heterocycles. The number of aliphatic imine (C=N–C) groups is 1. The van der Waals surface area contributed by atoms with Crippen molar-refractivity contribution in [2.45, 2.75) is 52.4 Å². The smallest absolute Gasteiger partial charge is 0.191 e. The van der Waals surface area contributed by atoms with E-state index in [1.807, 2.05) is 52.0 Å². The molecule has 0 saturated carbocycles. The van der Waals surface area contributed by atoms with Crippen LogP contribution in [-0.2, 0) is 4.74 Å². The molecule has 2 unspecified atom stereocenters. The van der Waals surface area contributed by atoms with Crippen LogP contribution in [0.5, 0.6) is 5.75 Å². The van der Waals surface area contributed by atoms with E-state index in [9.17, 15) is 5.11 Å². The van der Waals surface area contributed by atoms with Gasteiger partial charge in [-0.1, -0.05) is 12.1 Å². The van der Waals surface area contributed by atoms with E-state index in [1.165, 1.54) is 0 Å². The molecule has 0 heterocycles. The monoisotopic (exact) mass is 408 g/mol. The summed E-state index contributed by atoms with van der Waals surface area (Å²) in [6.45, 7) is 11.3. The average Bonchev–Trinajstić information content (AvgIpc) is 2.67. The maximum atomic E-state index is 10.6. The lowest BCUT2D eigenvalue weighted by Gasteiger charge is -2.20. The topological polar surface area (TPSA) is 78.4 Å². The summed E-state index contributed by atoms with van der Waals surface area (Å²) in [5.41, 5.74) is 0.810. The van der Waals surface area contributed by atoms with Crippen LogP contribution in [0.15, 0.2) is 29.3 Å². The standard InChI is InChI=1S/C22H40N4O3/c1-7-23-22(24-15-20(28-8-2)12-13-26(5)6)25-16-21(27)18-10-9-11-19(14-18)29-17(3)4/h9-11,14,17,20-21,27H,7-8,12-13,15-16H2,1-6H3,(H2,23,24,25). The summed E-state index contributed by atoms with van der Waals surface area (Å²) in [6.07, 6.45) is 0.437. The second-order valence-corrected chi connectivity index (χ2v) is 7.52. The fourth-order valence-corrected chi connectivity index (χ4v) is 2.78. The van der Waals surface area contributed by atoms with Crippen molar-refractivity contribution < 1.29 is 14.6 Å². The zero-order valence-electron chi connectivity index (χ0n) is 18.9. The minimum atomic E-state index is -0.661. The van der Waals surface area contributed by atoms with Gasteiger partial charge < -0.3 is 30.1 Å². The van der Waals surface area contributed by atoms with Crippen LogP contribution in [0.3, 0.4) is 0 Å². The van der Waals surface area contributed by atoms with Crippen molar-refractivity contribution in [1.82, 2.24) is 15.5 Å². The molecule has 2 atom stereocenters. The summed E-state index contributed by atoms with van der Waals surface area (Å²) in [5, 5.41) is 17.0. The first-order chi connectivity index (χ1) is 13.8. The minimum Gasteiger partial charge on any atom is -0.491 e. The highest BCUT2D eigenvalue weighted by atomic mass is 16.5. The first-order valence-corrected chi connectivity index (χ1v) is 10.6. The Labute approximate surface area is 176 Å². The van der Waals surface area contributed by atoms with Crippen LogP contribution in [-0.4, -0.2) is 75.1 Å². The third-order valence-corrected chi connectivity index (χ3v) is 4.18. The highest BCUT2D eigenvalue weighted by Gasteiger charge is 2.12. The van der Waals surface area contributed by atoms with Crippen molar-refractivity contribution in [3.8, 4) is 5.75 Å². The molecule has 0 saturated heterocycles. The van der Waals surface area contributed by atoms with Crippen LogP contribution >= 0.6 is 0 Å². The quantitative estimate of drug-likeness (QED) is 0.344. The number of aliphatic hydroxyl groups excluding tert-OH is 1. The first kappa shape index (κ1) is 25.2. The SMILES string of the molecule is CCNC(=NCC(CCN(C)C)OCC)NCC(O)c1cccc(OC(C)C)c1. The Balaban J connectivity index is 2.66. The summed E-state index contributed by atoms with van der Waals surface area (Å²) in [7, 11) is 4.11. The summed E-state index contributed by atoms with van der Waals surface area (Å²) in [4.78, 5) is 6.79. The van der Waals surface area contributed by atoms with E-state index in [4.69, 9.17) is 9.47 Å². The zero-order valence-corrected chi connectivity index (χ0v) is 18.9. The number of hydrogen-bond donors (Lipinski definition) is 3. The van der Waals surface area contributed by atoms with Crippen molar-refractivity contribution in [2.24, 2.45) is 4.99 Å². The van der Waals surface area contributed by atoms with Crippen LogP contribution in [0, 0.1) is 0 Å². The van der Waals surface area contributed by atoms with Gasteiger partial charge in [0.05, 0.1) is 24.9 Å². The lowest BCUT2D eigenvalue weighted by molar-refractivity contribution is 0.0582. The summed E-state index contributed by atoms with van der Waals surface area (Å²) >= 11 is 0. The van der Waals surface area contributed by atoms with E-state index in [1.54, 1.807) is 0 Å². The van der Waals surface area contributed by atoms with Gasteiger partial charge in [0.2, 0.25) is 0 Å². The molecule has 0 aliphatic rings. The molecule has 0 aliphatic heterocycles. The largest absolute Gasteiger partial charge is 0.491 e. The van der Waals surface area contributed by atoms with Gasteiger partial charge in [0.15, 0.2) is 5.96 Å². The van der Waals surface area contributed by atoms with Gasteiger partial charge in [-0.05, 0) is 65.9 Å². The van der Waals surface area contributed by atoms with Gasteiger partial charge in [-0.3, -0.25) is 4.99 Å². The predicted octanol–water partition coefficient (Wildman–Crippen LogP) is 2.42. The zero-order chi connectivity index (χ0) is 21.6. The summed E-state index contributed by atoms with van der Waals surface area (Å²) < 4.78 is 11.5. The minimum absolute atomic E-state index is 0.0765. The maximum Gasteiger partial charge on any atom is 0.191 e. The number of hydrogen-bond acceptors (Lipinski definition) is 5. The molecule has 0 spiro atoms. The van der Waals surface area contributed by atoms with Crippen molar-refractivity contribution >= 4 is 5.96 Å². The molecule has 0 radical (unpaired) electrons. The Bertz CT molecular complexity index is 593. The molecule has 166 valence electrons. The van der Waals surface area contributed by atoms with Gasteiger partial charge >= 0.3 is 0 Å². The van der Waals surface area contributed by atoms with E-state index in [-0.39, 0.29) is 12.2 Å². The highest BCUT2D eigenvalue weighted by Crippen LogP contribution is 2.19. The lowest BCUT2D eigenvalue weighted by atomic mass is 10.1. The van der Waals surface area contributed by atoms with Crippen molar-refractivity contribution in [2.75, 3.05) is 46.9 Å². The molecular formula is C22H40N4O3. The lowest BCUT2D eigenvalue weighted by Crippen LogP contribution is -2.40. The van der Waals surface area contributed by atoms with E-state index < -0.39 is 6.10 Å². The van der Waals surface area contributed by atoms with Crippen LogP contribution in [0.4, 0.5) is 0 Å². The fourth-order valence-electron chi connectivity index (χ4n) is 2.78. The second-order valence-electron chi connectivity index (χ2n) is 7.52. The van der Waals surface area contributed by atoms with Gasteiger partial charge in [0.1, 0.15) is 5.75 Å². The predicted molar refractivity (Wildman–Crippen MR) is 120 cm³/mol. The van der Waals surface area contributed by atoms with Gasteiger partial charge in [-0.15, -0.1) is 0 Å². The van der Waals surface area contributed by atoms with Crippen molar-refractivity contribution in [3.05, 3.63) is 29.8 Å². The van der Waals surface area contributed by atoms with Gasteiger partial charge in [-0.2, -0.15) is 0 Å². The van der Waals surface area contributed by atoms with Crippen LogP contribution in [0.2, 0.25) is 0 Å². The number of aliphatic hydroxyl groups is 1. The second kappa shape index (κ2) is 14.2. The fraction of sp³-hybridized carbons (Fsp3) is 0.682. The number of guanidine groups is 1. The third kappa shape index (κ3) is 11.1. The van der Waals surface area contributed by atoms with Gasteiger partial charge in [-0.25, -0.2) is 0 Å². The molecule has 1 aromatic carbocycles. The van der Waals surface area contributed by atoms with Gasteiger partial charge in [0.25, 0.3) is 0 Å². The molecule has 1 rings (SSSR count). The van der Waals surface area contributed by atoms with Crippen LogP contribution in [0.25, 0.3) is 0 Å². The molecule has 0 amide bonds. The number of benzene rings is 1. The molecular weight excluding hydrogens is 368 g/mol. The van der Waals surface area contributed by atoms with Crippen LogP contribution in [0.1, 0.15) is 45.8 Å². The molecule has 1 aromatic rings. The van der Waals surface area contributed by atoms with E-state index in [0.29, 0.717) is 25.7 Å². The molecule has 0 bridgehead atoms. The average molecular weight is 409 g/mol. The first-order valence-electron chi connectivity index (χ1n) is 10.6. The normalized spacial score (nSPS) is 14.2. The highest BCUT2D eigenvalue weighted by molar-refractivity contribution is 5.79. The Hall–Kier alpha value is -1.83. The number of rotatable bonds is 13. The summed E-state index contributed by atoms with van der Waals surface area (Å²) in [6, 6.07) is 7.57. The Morgan fingerprint density at radius 3 is 2.59 bits per heavy atom. The number of nitrogens with one attached hydrogen (secondary N) is 2. The van der Waals surface area contributed by atoms with Crippen molar-refractivity contribution in [1.29, 1.82) is 0 Å². The molecule has 0 aliphatic carbocycles. The van der Waals surface area contributed by atoms with E-state index in [0.717, 1.165) is 30.8 Å². The van der Waals surface area contributed by atoms with E-state index in [2.05, 4.69) is 34.6 Å². The molecule has 29 heavy (non-hydrogen) atoms. The van der Waals surface area contributed by atoms with Crippen LogP contribution < -0.4 is 15.4 Å². The number of nitrogens with zero attached hydrogens (tertiary/aromatic N) is 2. The Morgan fingerprint density at radius 2 is 1.97 bits per heavy atom. The molecule has 0 fully saturated rings. The van der Waals surface area contributed by atoms with Gasteiger partial charge in [0, 0.05) is 26.2 Å². The molecule has 3 N–H and O–H groups in total.